The smallest absolute Gasteiger partial charge is 0.0794 e. The molecule has 0 aromatic carbocycles. The van der Waals surface area contributed by atoms with Gasteiger partial charge in [-0.25, -0.2) is 0 Å². The minimum atomic E-state index is 0.332. The van der Waals surface area contributed by atoms with Crippen LogP contribution in [0.15, 0.2) is 17.9 Å². The lowest BCUT2D eigenvalue weighted by molar-refractivity contribution is 0.528. The molecule has 98 valence electrons. The molecule has 2 aromatic heterocycles. The molecule has 0 aliphatic heterocycles. The normalized spacial score (nSPS) is 12.8. The Morgan fingerprint density at radius 3 is 2.83 bits per heavy atom. The van der Waals surface area contributed by atoms with Crippen LogP contribution in [0.1, 0.15) is 35.5 Å². The van der Waals surface area contributed by atoms with Crippen molar-refractivity contribution in [3.63, 3.8) is 0 Å². The predicted octanol–water partition coefficient (Wildman–Crippen LogP) is 2.47. The molecular formula is C13H20N4S. The van der Waals surface area contributed by atoms with Gasteiger partial charge in [0, 0.05) is 41.8 Å². The van der Waals surface area contributed by atoms with Crippen LogP contribution in [0.2, 0.25) is 0 Å². The van der Waals surface area contributed by atoms with Crippen LogP contribution in [0.25, 0.3) is 0 Å². The third-order valence-electron chi connectivity index (χ3n) is 3.18. The van der Waals surface area contributed by atoms with Gasteiger partial charge in [-0.1, -0.05) is 6.92 Å². The van der Waals surface area contributed by atoms with Crippen molar-refractivity contribution in [1.82, 2.24) is 20.1 Å². The average Bonchev–Trinajstić information content (AvgIpc) is 2.97. The van der Waals surface area contributed by atoms with Crippen LogP contribution < -0.4 is 5.32 Å². The molecule has 2 heterocycles. The fourth-order valence-electron chi connectivity index (χ4n) is 2.01. The summed E-state index contributed by atoms with van der Waals surface area (Å²) in [6, 6.07) is 0.332. The maximum Gasteiger partial charge on any atom is 0.0794 e. The molecule has 18 heavy (non-hydrogen) atoms. The van der Waals surface area contributed by atoms with Gasteiger partial charge < -0.3 is 5.32 Å². The molecule has 0 aliphatic rings. The van der Waals surface area contributed by atoms with Gasteiger partial charge in [0.05, 0.1) is 11.7 Å². The van der Waals surface area contributed by atoms with E-state index in [9.17, 15) is 0 Å². The van der Waals surface area contributed by atoms with Crippen molar-refractivity contribution in [3.05, 3.63) is 34.0 Å². The first-order chi connectivity index (χ1) is 8.72. The highest BCUT2D eigenvalue weighted by Crippen LogP contribution is 2.22. The van der Waals surface area contributed by atoms with Crippen LogP contribution in [-0.2, 0) is 13.5 Å². The summed E-state index contributed by atoms with van der Waals surface area (Å²) in [4.78, 5) is 5.46. The molecule has 1 unspecified atom stereocenters. The number of rotatable bonds is 6. The Kier molecular flexibility index (Phi) is 4.49. The summed E-state index contributed by atoms with van der Waals surface area (Å²) in [5.74, 6) is 0. The van der Waals surface area contributed by atoms with Crippen molar-refractivity contribution in [2.24, 2.45) is 7.05 Å². The molecule has 5 heteroatoms. The van der Waals surface area contributed by atoms with Crippen LogP contribution in [-0.4, -0.2) is 21.3 Å². The maximum atomic E-state index is 4.34. The van der Waals surface area contributed by atoms with Crippen molar-refractivity contribution in [2.45, 2.75) is 32.7 Å². The number of aromatic nitrogens is 3. The second-order valence-electron chi connectivity index (χ2n) is 4.49. The third-order valence-corrected chi connectivity index (χ3v) is 3.98. The summed E-state index contributed by atoms with van der Waals surface area (Å²) in [7, 11) is 1.99. The Morgan fingerprint density at radius 1 is 1.44 bits per heavy atom. The molecule has 1 N–H and O–H groups in total. The van der Waals surface area contributed by atoms with Crippen molar-refractivity contribution >= 4 is 11.3 Å². The first kappa shape index (κ1) is 13.2. The Hall–Kier alpha value is -1.20. The van der Waals surface area contributed by atoms with Crippen LogP contribution >= 0.6 is 11.3 Å². The van der Waals surface area contributed by atoms with E-state index >= 15 is 0 Å². The molecule has 4 nitrogen and oxygen atoms in total. The van der Waals surface area contributed by atoms with E-state index in [4.69, 9.17) is 0 Å². The van der Waals surface area contributed by atoms with Gasteiger partial charge in [-0.15, -0.1) is 11.3 Å². The Balaban J connectivity index is 2.16. The van der Waals surface area contributed by atoms with Gasteiger partial charge in [0.2, 0.25) is 0 Å². The lowest BCUT2D eigenvalue weighted by atomic mass is 10.0. The van der Waals surface area contributed by atoms with E-state index in [-0.39, 0.29) is 0 Å². The van der Waals surface area contributed by atoms with Crippen LogP contribution in [0.3, 0.4) is 0 Å². The summed E-state index contributed by atoms with van der Waals surface area (Å²) >= 11 is 1.71. The van der Waals surface area contributed by atoms with E-state index in [1.54, 1.807) is 11.3 Å². The number of nitrogens with one attached hydrogen (secondary N) is 1. The molecule has 0 amide bonds. The van der Waals surface area contributed by atoms with E-state index in [1.165, 1.54) is 16.1 Å². The van der Waals surface area contributed by atoms with Crippen molar-refractivity contribution in [3.8, 4) is 0 Å². The van der Waals surface area contributed by atoms with Gasteiger partial charge in [0.1, 0.15) is 0 Å². The standard InChI is InChI=1S/C13H20N4S/c1-4-5-15-13(6-11-7-14-9-18-11)12-8-16-17(3)10(12)2/h7-9,13,15H,4-6H2,1-3H3. The van der Waals surface area contributed by atoms with Gasteiger partial charge >= 0.3 is 0 Å². The van der Waals surface area contributed by atoms with E-state index in [1.807, 2.05) is 29.6 Å². The Morgan fingerprint density at radius 2 is 2.28 bits per heavy atom. The zero-order valence-electron chi connectivity index (χ0n) is 11.2. The lowest BCUT2D eigenvalue weighted by Crippen LogP contribution is -2.24. The molecule has 0 bridgehead atoms. The van der Waals surface area contributed by atoms with E-state index in [0.29, 0.717) is 6.04 Å². The molecule has 0 fully saturated rings. The van der Waals surface area contributed by atoms with E-state index in [0.717, 1.165) is 19.4 Å². The first-order valence-electron chi connectivity index (χ1n) is 6.31. The fraction of sp³-hybridized carbons (Fsp3) is 0.538. The van der Waals surface area contributed by atoms with Gasteiger partial charge in [-0.2, -0.15) is 5.10 Å². The number of hydrogen-bond acceptors (Lipinski definition) is 4. The number of thiazole rings is 1. The van der Waals surface area contributed by atoms with Gasteiger partial charge in [-0.3, -0.25) is 9.67 Å². The lowest BCUT2D eigenvalue weighted by Gasteiger charge is -2.17. The molecule has 2 rings (SSSR count). The number of aryl methyl sites for hydroxylation is 1. The number of hydrogen-bond donors (Lipinski definition) is 1. The average molecular weight is 264 g/mol. The van der Waals surface area contributed by atoms with E-state index < -0.39 is 0 Å². The summed E-state index contributed by atoms with van der Waals surface area (Å²) in [6.07, 6.45) is 6.05. The molecule has 1 atom stereocenters. The second kappa shape index (κ2) is 6.11. The fourth-order valence-corrected chi connectivity index (χ4v) is 2.65. The monoisotopic (exact) mass is 264 g/mol. The summed E-state index contributed by atoms with van der Waals surface area (Å²) in [5.41, 5.74) is 4.41. The van der Waals surface area contributed by atoms with E-state index in [2.05, 4.69) is 29.2 Å². The van der Waals surface area contributed by atoms with Gasteiger partial charge in [0.15, 0.2) is 0 Å². The minimum absolute atomic E-state index is 0.332. The molecule has 0 saturated heterocycles. The third kappa shape index (κ3) is 2.97. The van der Waals surface area contributed by atoms with Gasteiger partial charge in [-0.05, 0) is 19.9 Å². The van der Waals surface area contributed by atoms with Crippen molar-refractivity contribution in [1.29, 1.82) is 0 Å². The van der Waals surface area contributed by atoms with Crippen molar-refractivity contribution in [2.75, 3.05) is 6.54 Å². The molecule has 0 radical (unpaired) electrons. The topological polar surface area (TPSA) is 42.7 Å². The predicted molar refractivity (Wildman–Crippen MR) is 74.8 cm³/mol. The molecular weight excluding hydrogens is 244 g/mol. The Bertz CT molecular complexity index is 475. The zero-order valence-corrected chi connectivity index (χ0v) is 12.0. The summed E-state index contributed by atoms with van der Waals surface area (Å²) < 4.78 is 1.93. The van der Waals surface area contributed by atoms with Crippen LogP contribution in [0.5, 0.6) is 0 Å². The molecule has 0 aliphatic carbocycles. The highest BCUT2D eigenvalue weighted by atomic mass is 32.1. The molecule has 0 saturated carbocycles. The second-order valence-corrected chi connectivity index (χ2v) is 5.46. The van der Waals surface area contributed by atoms with Gasteiger partial charge in [0.25, 0.3) is 0 Å². The van der Waals surface area contributed by atoms with Crippen LogP contribution in [0, 0.1) is 6.92 Å². The number of nitrogens with zero attached hydrogens (tertiary/aromatic N) is 3. The quantitative estimate of drug-likeness (QED) is 0.871. The summed E-state index contributed by atoms with van der Waals surface area (Å²) in [5, 5.41) is 7.94. The van der Waals surface area contributed by atoms with Crippen molar-refractivity contribution < 1.29 is 0 Å². The largest absolute Gasteiger partial charge is 0.310 e. The SMILES string of the molecule is CCCNC(Cc1cncs1)c1cnn(C)c1C. The minimum Gasteiger partial charge on any atom is -0.310 e. The highest BCUT2D eigenvalue weighted by Gasteiger charge is 2.17. The highest BCUT2D eigenvalue weighted by molar-refractivity contribution is 7.09. The molecule has 2 aromatic rings. The zero-order chi connectivity index (χ0) is 13.0. The maximum absolute atomic E-state index is 4.34. The Labute approximate surface area is 112 Å². The first-order valence-corrected chi connectivity index (χ1v) is 7.19. The summed E-state index contributed by atoms with van der Waals surface area (Å²) in [6.45, 7) is 5.33. The van der Waals surface area contributed by atoms with Crippen LogP contribution in [0.4, 0.5) is 0 Å². The molecule has 0 spiro atoms.